The topological polar surface area (TPSA) is 38.0 Å². The van der Waals surface area contributed by atoms with E-state index in [9.17, 15) is 0 Å². The van der Waals surface area contributed by atoms with E-state index in [0.717, 1.165) is 25.9 Å². The van der Waals surface area contributed by atoms with Gasteiger partial charge in [0.25, 0.3) is 0 Å². The smallest absolute Gasteiger partial charge is 0.00482 e. The van der Waals surface area contributed by atoms with Crippen molar-refractivity contribution in [3.05, 3.63) is 12.2 Å². The standard InChI is InChI=1S/C23H48N2/c1-3-5-6-7-8-9-10-11-12-13-14-15-16-17-18-19-21-25-22-20-23(24)4-2/h11-12,23,25H,3-10,13-22,24H2,1-2H3/b12-11-. The minimum Gasteiger partial charge on any atom is -0.328 e. The molecule has 0 amide bonds. The second-order valence-electron chi connectivity index (χ2n) is 7.64. The minimum absolute atomic E-state index is 0.382. The van der Waals surface area contributed by atoms with E-state index in [2.05, 4.69) is 31.3 Å². The van der Waals surface area contributed by atoms with E-state index in [1.165, 1.54) is 89.9 Å². The van der Waals surface area contributed by atoms with Crippen LogP contribution in [0.5, 0.6) is 0 Å². The van der Waals surface area contributed by atoms with Crippen molar-refractivity contribution in [2.75, 3.05) is 13.1 Å². The van der Waals surface area contributed by atoms with Gasteiger partial charge in [0, 0.05) is 6.04 Å². The molecule has 25 heavy (non-hydrogen) atoms. The van der Waals surface area contributed by atoms with Gasteiger partial charge in [-0.3, -0.25) is 0 Å². The van der Waals surface area contributed by atoms with Crippen molar-refractivity contribution in [1.29, 1.82) is 0 Å². The Kier molecular flexibility index (Phi) is 21.4. The van der Waals surface area contributed by atoms with Crippen molar-refractivity contribution >= 4 is 0 Å². The molecule has 0 aliphatic heterocycles. The highest BCUT2D eigenvalue weighted by molar-refractivity contribution is 4.81. The quantitative estimate of drug-likeness (QED) is 0.188. The van der Waals surface area contributed by atoms with Gasteiger partial charge < -0.3 is 11.1 Å². The van der Waals surface area contributed by atoms with Gasteiger partial charge in [-0.1, -0.05) is 83.8 Å². The van der Waals surface area contributed by atoms with Gasteiger partial charge in [0.2, 0.25) is 0 Å². The first-order valence-electron chi connectivity index (χ1n) is 11.4. The van der Waals surface area contributed by atoms with Gasteiger partial charge in [-0.25, -0.2) is 0 Å². The lowest BCUT2D eigenvalue weighted by molar-refractivity contribution is 0.526. The van der Waals surface area contributed by atoms with Gasteiger partial charge in [0.15, 0.2) is 0 Å². The molecular formula is C23H48N2. The molecule has 1 unspecified atom stereocenters. The van der Waals surface area contributed by atoms with Crippen LogP contribution in [0.15, 0.2) is 12.2 Å². The normalized spacial score (nSPS) is 12.9. The highest BCUT2D eigenvalue weighted by atomic mass is 14.8. The molecule has 0 aromatic carbocycles. The van der Waals surface area contributed by atoms with Crippen molar-refractivity contribution < 1.29 is 0 Å². The highest BCUT2D eigenvalue weighted by Crippen LogP contribution is 2.09. The molecule has 0 heterocycles. The number of nitrogens with one attached hydrogen (secondary N) is 1. The number of allylic oxidation sites excluding steroid dienone is 2. The molecule has 2 heteroatoms. The van der Waals surface area contributed by atoms with Crippen LogP contribution in [0.2, 0.25) is 0 Å². The summed E-state index contributed by atoms with van der Waals surface area (Å²) in [7, 11) is 0. The highest BCUT2D eigenvalue weighted by Gasteiger charge is 1.97. The average molecular weight is 353 g/mol. The van der Waals surface area contributed by atoms with E-state index >= 15 is 0 Å². The van der Waals surface area contributed by atoms with Gasteiger partial charge in [-0.05, 0) is 58.0 Å². The van der Waals surface area contributed by atoms with Crippen LogP contribution in [-0.4, -0.2) is 19.1 Å². The Balaban J connectivity index is 3.07. The molecule has 0 radical (unpaired) electrons. The molecule has 150 valence electrons. The number of nitrogens with two attached hydrogens (primary N) is 1. The van der Waals surface area contributed by atoms with Crippen molar-refractivity contribution in [1.82, 2.24) is 5.32 Å². The summed E-state index contributed by atoms with van der Waals surface area (Å²) in [5.41, 5.74) is 5.90. The van der Waals surface area contributed by atoms with E-state index in [1.807, 2.05) is 0 Å². The molecule has 1 atom stereocenters. The van der Waals surface area contributed by atoms with Crippen LogP contribution >= 0.6 is 0 Å². The van der Waals surface area contributed by atoms with E-state index in [1.54, 1.807) is 0 Å². The van der Waals surface area contributed by atoms with Crippen LogP contribution in [-0.2, 0) is 0 Å². The van der Waals surface area contributed by atoms with Crippen molar-refractivity contribution in [3.63, 3.8) is 0 Å². The molecule has 0 spiro atoms. The van der Waals surface area contributed by atoms with Gasteiger partial charge >= 0.3 is 0 Å². The number of hydrogen-bond acceptors (Lipinski definition) is 2. The Morgan fingerprint density at radius 2 is 1.20 bits per heavy atom. The van der Waals surface area contributed by atoms with Crippen LogP contribution in [0.1, 0.15) is 117 Å². The molecule has 0 aromatic heterocycles. The first kappa shape index (κ1) is 24.7. The molecule has 3 N–H and O–H groups in total. The molecule has 0 aliphatic rings. The Morgan fingerprint density at radius 1 is 0.680 bits per heavy atom. The van der Waals surface area contributed by atoms with E-state index < -0.39 is 0 Å². The third kappa shape index (κ3) is 21.6. The first-order valence-corrected chi connectivity index (χ1v) is 11.4. The fraction of sp³-hybridized carbons (Fsp3) is 0.913. The maximum Gasteiger partial charge on any atom is 0.00482 e. The lowest BCUT2D eigenvalue weighted by atomic mass is 10.1. The van der Waals surface area contributed by atoms with Gasteiger partial charge in [0.05, 0.1) is 0 Å². The van der Waals surface area contributed by atoms with E-state index in [-0.39, 0.29) is 0 Å². The van der Waals surface area contributed by atoms with Crippen LogP contribution in [0.25, 0.3) is 0 Å². The largest absolute Gasteiger partial charge is 0.328 e. The average Bonchev–Trinajstić information content (AvgIpc) is 2.63. The van der Waals surface area contributed by atoms with Gasteiger partial charge in [-0.2, -0.15) is 0 Å². The summed E-state index contributed by atoms with van der Waals surface area (Å²) in [5.74, 6) is 0. The van der Waals surface area contributed by atoms with Gasteiger partial charge in [0.1, 0.15) is 0 Å². The molecule has 0 saturated heterocycles. The summed E-state index contributed by atoms with van der Waals surface area (Å²) < 4.78 is 0. The van der Waals surface area contributed by atoms with Crippen LogP contribution in [0.4, 0.5) is 0 Å². The number of rotatable bonds is 20. The van der Waals surface area contributed by atoms with Gasteiger partial charge in [-0.15, -0.1) is 0 Å². The van der Waals surface area contributed by atoms with Crippen molar-refractivity contribution in [2.24, 2.45) is 5.73 Å². The molecule has 0 rings (SSSR count). The predicted octanol–water partition coefficient (Wildman–Crippen LogP) is 6.74. The molecule has 0 aromatic rings. The lowest BCUT2D eigenvalue weighted by Gasteiger charge is -2.09. The summed E-state index contributed by atoms with van der Waals surface area (Å²) in [5, 5.41) is 3.51. The number of unbranched alkanes of at least 4 members (excludes halogenated alkanes) is 12. The molecule has 0 saturated carbocycles. The Morgan fingerprint density at radius 3 is 1.76 bits per heavy atom. The fourth-order valence-corrected chi connectivity index (χ4v) is 3.11. The lowest BCUT2D eigenvalue weighted by Crippen LogP contribution is -2.26. The van der Waals surface area contributed by atoms with Crippen LogP contribution in [0.3, 0.4) is 0 Å². The molecule has 0 fully saturated rings. The second-order valence-corrected chi connectivity index (χ2v) is 7.64. The summed E-state index contributed by atoms with van der Waals surface area (Å²) >= 11 is 0. The van der Waals surface area contributed by atoms with Crippen molar-refractivity contribution in [2.45, 2.75) is 123 Å². The minimum atomic E-state index is 0.382. The summed E-state index contributed by atoms with van der Waals surface area (Å²) in [4.78, 5) is 0. The van der Waals surface area contributed by atoms with Crippen LogP contribution < -0.4 is 11.1 Å². The molecular weight excluding hydrogens is 304 g/mol. The maximum absolute atomic E-state index is 5.90. The second kappa shape index (κ2) is 21.7. The zero-order chi connectivity index (χ0) is 18.4. The monoisotopic (exact) mass is 352 g/mol. The third-order valence-electron chi connectivity index (χ3n) is 5.08. The SMILES string of the molecule is CCCCCCCC/C=C\CCCCCCCCNCCC(N)CC. The Labute approximate surface area is 159 Å². The Hall–Kier alpha value is -0.340. The first-order chi connectivity index (χ1) is 12.3. The number of hydrogen-bond donors (Lipinski definition) is 2. The summed E-state index contributed by atoms with van der Waals surface area (Å²) in [6, 6.07) is 0.382. The van der Waals surface area contributed by atoms with E-state index in [4.69, 9.17) is 5.73 Å². The predicted molar refractivity (Wildman–Crippen MR) is 115 cm³/mol. The summed E-state index contributed by atoms with van der Waals surface area (Å²) in [6.07, 6.45) is 26.3. The zero-order valence-electron chi connectivity index (χ0n) is 17.5. The van der Waals surface area contributed by atoms with E-state index in [0.29, 0.717) is 6.04 Å². The zero-order valence-corrected chi connectivity index (χ0v) is 17.5. The van der Waals surface area contributed by atoms with Crippen LogP contribution in [0, 0.1) is 0 Å². The van der Waals surface area contributed by atoms with Crippen molar-refractivity contribution in [3.8, 4) is 0 Å². The molecule has 2 nitrogen and oxygen atoms in total. The third-order valence-corrected chi connectivity index (χ3v) is 5.08. The Bertz CT molecular complexity index is 263. The summed E-state index contributed by atoms with van der Waals surface area (Å²) in [6.45, 7) is 6.69. The molecule has 0 aliphatic carbocycles. The maximum atomic E-state index is 5.90. The fourth-order valence-electron chi connectivity index (χ4n) is 3.11. The molecule has 0 bridgehead atoms.